The fourth-order valence-corrected chi connectivity index (χ4v) is 1.96. The standard InChI is InChI=1S/C12H22BrN3O.HI/c1-4-14-12(15-7-10(2)13)16(3)8-11-5-6-17-9-11;/h11H,2,4-9H2,1,3H3,(H,14,15);1H. The largest absolute Gasteiger partial charge is 0.381 e. The molecule has 0 radical (unpaired) electrons. The molecular weight excluding hydrogens is 409 g/mol. The molecule has 1 aliphatic rings. The number of ether oxygens (including phenoxy) is 1. The Hall–Kier alpha value is 0.180. The predicted octanol–water partition coefficient (Wildman–Crippen LogP) is 2.45. The van der Waals surface area contributed by atoms with E-state index in [1.807, 2.05) is 0 Å². The summed E-state index contributed by atoms with van der Waals surface area (Å²) in [4.78, 5) is 6.66. The van der Waals surface area contributed by atoms with Crippen molar-refractivity contribution in [3.05, 3.63) is 11.1 Å². The molecule has 6 heteroatoms. The van der Waals surface area contributed by atoms with E-state index in [9.17, 15) is 0 Å². The Morgan fingerprint density at radius 1 is 1.61 bits per heavy atom. The van der Waals surface area contributed by atoms with E-state index >= 15 is 0 Å². The van der Waals surface area contributed by atoms with E-state index in [-0.39, 0.29) is 24.0 Å². The lowest BCUT2D eigenvalue weighted by Gasteiger charge is -2.24. The number of guanidine groups is 1. The van der Waals surface area contributed by atoms with Gasteiger partial charge in [0.25, 0.3) is 0 Å². The summed E-state index contributed by atoms with van der Waals surface area (Å²) in [5, 5.41) is 3.28. The van der Waals surface area contributed by atoms with Crippen LogP contribution < -0.4 is 5.32 Å². The minimum Gasteiger partial charge on any atom is -0.381 e. The van der Waals surface area contributed by atoms with Gasteiger partial charge < -0.3 is 15.0 Å². The third kappa shape index (κ3) is 6.94. The molecular formula is C12H23BrIN3O. The molecule has 1 unspecified atom stereocenters. The third-order valence-corrected chi connectivity index (χ3v) is 2.90. The van der Waals surface area contributed by atoms with E-state index in [4.69, 9.17) is 4.74 Å². The second-order valence-corrected chi connectivity index (χ2v) is 5.42. The maximum Gasteiger partial charge on any atom is 0.194 e. The van der Waals surface area contributed by atoms with Crippen LogP contribution in [0.4, 0.5) is 0 Å². The Bertz CT molecular complexity index is 280. The Balaban J connectivity index is 0.00000289. The van der Waals surface area contributed by atoms with Crippen LogP contribution in [0.2, 0.25) is 0 Å². The van der Waals surface area contributed by atoms with Crippen LogP contribution in [0, 0.1) is 5.92 Å². The molecule has 0 spiro atoms. The average molecular weight is 432 g/mol. The number of rotatable bonds is 5. The molecule has 1 fully saturated rings. The second kappa shape index (κ2) is 10.0. The van der Waals surface area contributed by atoms with Gasteiger partial charge in [0.1, 0.15) is 0 Å². The molecule has 1 rings (SSSR count). The summed E-state index contributed by atoms with van der Waals surface area (Å²) in [6, 6.07) is 0. The minimum absolute atomic E-state index is 0. The number of nitrogens with one attached hydrogen (secondary N) is 1. The SMILES string of the molecule is C=C(Br)CN=C(NCC)N(C)CC1CCOC1.I. The molecule has 1 saturated heterocycles. The summed E-state index contributed by atoms with van der Waals surface area (Å²) < 4.78 is 6.28. The number of nitrogens with zero attached hydrogens (tertiary/aromatic N) is 2. The highest BCUT2D eigenvalue weighted by atomic mass is 127. The first-order valence-electron chi connectivity index (χ1n) is 6.04. The fraction of sp³-hybridized carbons (Fsp3) is 0.750. The third-order valence-electron chi connectivity index (χ3n) is 2.65. The van der Waals surface area contributed by atoms with Crippen molar-refractivity contribution in [2.75, 3.05) is 39.9 Å². The molecule has 0 amide bonds. The topological polar surface area (TPSA) is 36.9 Å². The van der Waals surface area contributed by atoms with Crippen LogP contribution in [-0.4, -0.2) is 50.8 Å². The van der Waals surface area contributed by atoms with Gasteiger partial charge in [-0.25, -0.2) is 4.99 Å². The minimum atomic E-state index is 0. The number of halogens is 2. The second-order valence-electron chi connectivity index (χ2n) is 4.30. The van der Waals surface area contributed by atoms with Crippen molar-refractivity contribution < 1.29 is 4.74 Å². The monoisotopic (exact) mass is 431 g/mol. The Labute approximate surface area is 135 Å². The molecule has 4 nitrogen and oxygen atoms in total. The van der Waals surface area contributed by atoms with Crippen molar-refractivity contribution in [3.8, 4) is 0 Å². The lowest BCUT2D eigenvalue weighted by Crippen LogP contribution is -2.41. The van der Waals surface area contributed by atoms with E-state index in [0.29, 0.717) is 12.5 Å². The van der Waals surface area contributed by atoms with Gasteiger partial charge in [0.05, 0.1) is 13.2 Å². The molecule has 0 saturated carbocycles. The maximum absolute atomic E-state index is 5.39. The van der Waals surface area contributed by atoms with E-state index in [0.717, 1.165) is 43.2 Å². The van der Waals surface area contributed by atoms with Crippen molar-refractivity contribution in [1.29, 1.82) is 0 Å². The highest BCUT2D eigenvalue weighted by Crippen LogP contribution is 2.13. The smallest absolute Gasteiger partial charge is 0.194 e. The molecule has 18 heavy (non-hydrogen) atoms. The van der Waals surface area contributed by atoms with Crippen molar-refractivity contribution in [2.24, 2.45) is 10.9 Å². The zero-order valence-electron chi connectivity index (χ0n) is 11.1. The van der Waals surface area contributed by atoms with Gasteiger partial charge >= 0.3 is 0 Å². The molecule has 106 valence electrons. The van der Waals surface area contributed by atoms with E-state index in [1.54, 1.807) is 0 Å². The Morgan fingerprint density at radius 3 is 2.83 bits per heavy atom. The van der Waals surface area contributed by atoms with Crippen LogP contribution in [0.1, 0.15) is 13.3 Å². The normalized spacial score (nSPS) is 19.3. The highest BCUT2D eigenvalue weighted by Gasteiger charge is 2.18. The molecule has 1 aliphatic heterocycles. The average Bonchev–Trinajstić information content (AvgIpc) is 2.76. The predicted molar refractivity (Wildman–Crippen MR) is 91.0 cm³/mol. The number of hydrogen-bond acceptors (Lipinski definition) is 2. The van der Waals surface area contributed by atoms with Gasteiger partial charge in [-0.1, -0.05) is 22.5 Å². The molecule has 0 aromatic heterocycles. The first-order chi connectivity index (χ1) is 8.13. The van der Waals surface area contributed by atoms with Crippen molar-refractivity contribution in [2.45, 2.75) is 13.3 Å². The lowest BCUT2D eigenvalue weighted by molar-refractivity contribution is 0.181. The van der Waals surface area contributed by atoms with Crippen LogP contribution in [0.25, 0.3) is 0 Å². The van der Waals surface area contributed by atoms with E-state index in [1.165, 1.54) is 0 Å². The Morgan fingerprint density at radius 2 is 2.33 bits per heavy atom. The van der Waals surface area contributed by atoms with Crippen molar-refractivity contribution >= 4 is 45.9 Å². The van der Waals surface area contributed by atoms with E-state index in [2.05, 4.69) is 51.7 Å². The molecule has 1 atom stereocenters. The number of aliphatic imine (C=N–C) groups is 1. The summed E-state index contributed by atoms with van der Waals surface area (Å²) >= 11 is 3.32. The van der Waals surface area contributed by atoms with Gasteiger partial charge in [-0.15, -0.1) is 24.0 Å². The van der Waals surface area contributed by atoms with Gasteiger partial charge in [-0.05, 0) is 13.3 Å². The van der Waals surface area contributed by atoms with Gasteiger partial charge in [-0.3, -0.25) is 0 Å². The van der Waals surface area contributed by atoms with Crippen molar-refractivity contribution in [1.82, 2.24) is 10.2 Å². The summed E-state index contributed by atoms with van der Waals surface area (Å²) in [6.07, 6.45) is 1.15. The van der Waals surface area contributed by atoms with Crippen LogP contribution in [0.3, 0.4) is 0 Å². The highest BCUT2D eigenvalue weighted by molar-refractivity contribution is 14.0. The molecule has 1 heterocycles. The molecule has 1 N–H and O–H groups in total. The summed E-state index contributed by atoms with van der Waals surface area (Å²) in [6.45, 7) is 10.1. The van der Waals surface area contributed by atoms with Crippen LogP contribution >= 0.6 is 39.9 Å². The molecule has 0 bridgehead atoms. The van der Waals surface area contributed by atoms with Gasteiger partial charge in [0.2, 0.25) is 0 Å². The molecule has 0 aromatic carbocycles. The zero-order valence-corrected chi connectivity index (χ0v) is 15.0. The number of hydrogen-bond donors (Lipinski definition) is 1. The zero-order chi connectivity index (χ0) is 12.7. The van der Waals surface area contributed by atoms with Gasteiger partial charge in [0.15, 0.2) is 5.96 Å². The quantitative estimate of drug-likeness (QED) is 0.412. The van der Waals surface area contributed by atoms with Crippen molar-refractivity contribution in [3.63, 3.8) is 0 Å². The fourth-order valence-electron chi connectivity index (χ4n) is 1.83. The van der Waals surface area contributed by atoms with Crippen LogP contribution in [0.15, 0.2) is 16.1 Å². The Kier molecular flexibility index (Phi) is 10.1. The maximum atomic E-state index is 5.39. The van der Waals surface area contributed by atoms with Crippen LogP contribution in [0.5, 0.6) is 0 Å². The summed E-state index contributed by atoms with van der Waals surface area (Å²) in [7, 11) is 2.07. The molecule has 0 aromatic rings. The van der Waals surface area contributed by atoms with E-state index < -0.39 is 0 Å². The molecule has 0 aliphatic carbocycles. The first-order valence-corrected chi connectivity index (χ1v) is 6.83. The van der Waals surface area contributed by atoms with Crippen LogP contribution in [-0.2, 0) is 4.74 Å². The van der Waals surface area contributed by atoms with Gasteiger partial charge in [-0.2, -0.15) is 0 Å². The summed E-state index contributed by atoms with van der Waals surface area (Å²) in [5.74, 6) is 1.55. The lowest BCUT2D eigenvalue weighted by atomic mass is 10.1. The summed E-state index contributed by atoms with van der Waals surface area (Å²) in [5.41, 5.74) is 0. The first kappa shape index (κ1) is 18.2. The van der Waals surface area contributed by atoms with Gasteiger partial charge in [0, 0.05) is 37.1 Å².